The van der Waals surface area contributed by atoms with E-state index in [1.54, 1.807) is 11.8 Å². The minimum atomic E-state index is 0.499. The van der Waals surface area contributed by atoms with E-state index in [2.05, 4.69) is 25.9 Å². The first-order valence-electron chi connectivity index (χ1n) is 3.10. The number of aromatic nitrogens is 2. The summed E-state index contributed by atoms with van der Waals surface area (Å²) in [7, 11) is 0. The van der Waals surface area contributed by atoms with Gasteiger partial charge in [-0.15, -0.1) is 11.8 Å². The average Bonchev–Trinajstić information content (AvgIpc) is 2.09. The van der Waals surface area contributed by atoms with E-state index >= 15 is 0 Å². The minimum absolute atomic E-state index is 0.499. The molecule has 1 rings (SSSR count). The maximum Gasteiger partial charge on any atom is 0.190 e. The van der Waals surface area contributed by atoms with Crippen molar-refractivity contribution in [1.82, 2.24) is 9.97 Å². The van der Waals surface area contributed by atoms with E-state index in [0.717, 1.165) is 9.50 Å². The number of anilines is 1. The molecule has 1 heterocycles. The monoisotopic (exact) mass is 265 g/mol. The molecule has 0 saturated carbocycles. The predicted octanol–water partition coefficient (Wildman–Crippen LogP) is 2.27. The molecule has 0 aliphatic rings. The summed E-state index contributed by atoms with van der Waals surface area (Å²) in [6, 6.07) is 0. The zero-order chi connectivity index (χ0) is 9.14. The van der Waals surface area contributed by atoms with Crippen molar-refractivity contribution >= 4 is 45.3 Å². The highest BCUT2D eigenvalue weighted by molar-refractivity contribution is 9.10. The Bertz CT molecular complexity index is 292. The lowest BCUT2D eigenvalue weighted by Gasteiger charge is -2.04. The molecule has 0 radical (unpaired) electrons. The third-order valence-electron chi connectivity index (χ3n) is 1.20. The fraction of sp³-hybridized carbons (Fsp3) is 0.333. The van der Waals surface area contributed by atoms with Crippen molar-refractivity contribution in [3.05, 3.63) is 4.47 Å². The van der Waals surface area contributed by atoms with Crippen LogP contribution in [0.4, 0.5) is 5.82 Å². The van der Waals surface area contributed by atoms with Crippen LogP contribution >= 0.6 is 39.5 Å². The summed E-state index contributed by atoms with van der Waals surface area (Å²) in [4.78, 5) is 8.33. The Hall–Kier alpha value is 0.0600. The van der Waals surface area contributed by atoms with Crippen molar-refractivity contribution in [2.24, 2.45) is 0 Å². The third kappa shape index (κ3) is 2.05. The largest absolute Gasteiger partial charge is 0.383 e. The predicted molar refractivity (Wildman–Crippen MR) is 57.7 cm³/mol. The first-order valence-corrected chi connectivity index (χ1v) is 6.34. The van der Waals surface area contributed by atoms with E-state index in [9.17, 15) is 0 Å². The Kier molecular flexibility index (Phi) is 3.67. The SMILES string of the molecule is CSc1nc(N)c(Br)c(SC)n1. The second-order valence-electron chi connectivity index (χ2n) is 1.92. The number of rotatable bonds is 2. The van der Waals surface area contributed by atoms with E-state index in [1.165, 1.54) is 11.8 Å². The lowest BCUT2D eigenvalue weighted by Crippen LogP contribution is -1.97. The molecule has 0 unspecified atom stereocenters. The molecule has 0 atom stereocenters. The fourth-order valence-electron chi connectivity index (χ4n) is 0.649. The molecule has 1 aromatic rings. The Balaban J connectivity index is 3.19. The number of hydrogen-bond donors (Lipinski definition) is 1. The van der Waals surface area contributed by atoms with Crippen LogP contribution in [0.25, 0.3) is 0 Å². The number of halogens is 1. The van der Waals surface area contributed by atoms with Crippen LogP contribution in [0.5, 0.6) is 0 Å². The van der Waals surface area contributed by atoms with Crippen LogP contribution in [0.15, 0.2) is 14.7 Å². The second kappa shape index (κ2) is 4.34. The zero-order valence-corrected chi connectivity index (χ0v) is 9.89. The summed E-state index contributed by atoms with van der Waals surface area (Å²) in [6.45, 7) is 0. The third-order valence-corrected chi connectivity index (χ3v) is 3.48. The van der Waals surface area contributed by atoms with Gasteiger partial charge in [-0.25, -0.2) is 9.97 Å². The molecule has 66 valence electrons. The highest BCUT2D eigenvalue weighted by Crippen LogP contribution is 2.29. The van der Waals surface area contributed by atoms with Crippen LogP contribution in [0, 0.1) is 0 Å². The van der Waals surface area contributed by atoms with Gasteiger partial charge in [-0.1, -0.05) is 11.8 Å². The van der Waals surface area contributed by atoms with Crippen LogP contribution in [-0.2, 0) is 0 Å². The van der Waals surface area contributed by atoms with Gasteiger partial charge in [0.25, 0.3) is 0 Å². The maximum absolute atomic E-state index is 5.65. The molecule has 12 heavy (non-hydrogen) atoms. The molecule has 0 amide bonds. The Morgan fingerprint density at radius 3 is 2.42 bits per heavy atom. The number of hydrogen-bond acceptors (Lipinski definition) is 5. The first kappa shape index (κ1) is 10.1. The summed E-state index contributed by atoms with van der Waals surface area (Å²) in [5.41, 5.74) is 5.65. The van der Waals surface area contributed by atoms with E-state index in [-0.39, 0.29) is 0 Å². The van der Waals surface area contributed by atoms with E-state index < -0.39 is 0 Å². The van der Waals surface area contributed by atoms with Gasteiger partial charge in [-0.2, -0.15) is 0 Å². The van der Waals surface area contributed by atoms with Crippen LogP contribution in [0.3, 0.4) is 0 Å². The van der Waals surface area contributed by atoms with E-state index in [0.29, 0.717) is 11.0 Å². The molecular weight excluding hydrogens is 258 g/mol. The number of nitrogen functional groups attached to an aromatic ring is 1. The van der Waals surface area contributed by atoms with Crippen molar-refractivity contribution in [2.45, 2.75) is 10.2 Å². The van der Waals surface area contributed by atoms with Gasteiger partial charge in [-0.3, -0.25) is 0 Å². The minimum Gasteiger partial charge on any atom is -0.383 e. The Morgan fingerprint density at radius 2 is 1.92 bits per heavy atom. The molecule has 6 heteroatoms. The topological polar surface area (TPSA) is 51.8 Å². The van der Waals surface area contributed by atoms with Gasteiger partial charge in [0.2, 0.25) is 0 Å². The van der Waals surface area contributed by atoms with Crippen molar-refractivity contribution in [3.63, 3.8) is 0 Å². The molecule has 3 nitrogen and oxygen atoms in total. The van der Waals surface area contributed by atoms with Crippen LogP contribution in [0.2, 0.25) is 0 Å². The Morgan fingerprint density at radius 1 is 1.25 bits per heavy atom. The van der Waals surface area contributed by atoms with Gasteiger partial charge in [-0.05, 0) is 28.4 Å². The Labute approximate surface area is 88.1 Å². The van der Waals surface area contributed by atoms with E-state index in [1.807, 2.05) is 12.5 Å². The maximum atomic E-state index is 5.65. The molecule has 1 aromatic heterocycles. The lowest BCUT2D eigenvalue weighted by molar-refractivity contribution is 0.891. The quantitative estimate of drug-likeness (QED) is 0.505. The molecule has 0 aliphatic heterocycles. The first-order chi connectivity index (χ1) is 5.69. The lowest BCUT2D eigenvalue weighted by atomic mass is 10.6. The van der Waals surface area contributed by atoms with Crippen molar-refractivity contribution in [2.75, 3.05) is 18.2 Å². The van der Waals surface area contributed by atoms with Gasteiger partial charge in [0.15, 0.2) is 5.16 Å². The molecule has 2 N–H and O–H groups in total. The number of thioether (sulfide) groups is 2. The van der Waals surface area contributed by atoms with Gasteiger partial charge in [0.05, 0.1) is 4.47 Å². The molecule has 0 saturated heterocycles. The molecule has 0 aliphatic carbocycles. The summed E-state index contributed by atoms with van der Waals surface area (Å²) >= 11 is 6.36. The molecule has 0 fully saturated rings. The number of nitrogens with two attached hydrogens (primary N) is 1. The molecule has 0 aromatic carbocycles. The summed E-state index contributed by atoms with van der Waals surface area (Å²) in [6.07, 6.45) is 3.88. The van der Waals surface area contributed by atoms with E-state index in [4.69, 9.17) is 5.73 Å². The van der Waals surface area contributed by atoms with Crippen molar-refractivity contribution in [3.8, 4) is 0 Å². The van der Waals surface area contributed by atoms with Crippen LogP contribution in [0.1, 0.15) is 0 Å². The fourth-order valence-corrected chi connectivity index (χ4v) is 2.20. The summed E-state index contributed by atoms with van der Waals surface area (Å²) in [5.74, 6) is 0.499. The standard InChI is InChI=1S/C6H8BrN3S2/c1-11-5-3(7)4(8)9-6(10-5)12-2/h1-2H3,(H2,8,9,10). The molecule has 0 spiro atoms. The second-order valence-corrected chi connectivity index (χ2v) is 4.28. The molecule has 0 bridgehead atoms. The van der Waals surface area contributed by atoms with Crippen molar-refractivity contribution in [1.29, 1.82) is 0 Å². The van der Waals surface area contributed by atoms with Gasteiger partial charge in [0, 0.05) is 0 Å². The zero-order valence-electron chi connectivity index (χ0n) is 6.67. The van der Waals surface area contributed by atoms with Crippen LogP contribution < -0.4 is 5.73 Å². The molecular formula is C6H8BrN3S2. The normalized spacial score (nSPS) is 10.2. The van der Waals surface area contributed by atoms with Gasteiger partial charge >= 0.3 is 0 Å². The number of nitrogens with zero attached hydrogens (tertiary/aromatic N) is 2. The highest BCUT2D eigenvalue weighted by atomic mass is 79.9. The van der Waals surface area contributed by atoms with Gasteiger partial charge < -0.3 is 5.73 Å². The highest BCUT2D eigenvalue weighted by Gasteiger charge is 2.07. The summed E-state index contributed by atoms with van der Waals surface area (Å²) in [5, 5.41) is 1.59. The van der Waals surface area contributed by atoms with Crippen molar-refractivity contribution < 1.29 is 0 Å². The van der Waals surface area contributed by atoms with Gasteiger partial charge in [0.1, 0.15) is 10.8 Å². The smallest absolute Gasteiger partial charge is 0.190 e. The van der Waals surface area contributed by atoms with Crippen LogP contribution in [-0.4, -0.2) is 22.5 Å². The average molecular weight is 266 g/mol. The summed E-state index contributed by atoms with van der Waals surface area (Å²) < 4.78 is 0.785.